The molecular weight excluding hydrogens is 474 g/mol. The lowest BCUT2D eigenvalue weighted by Gasteiger charge is -2.11. The van der Waals surface area contributed by atoms with Crippen LogP contribution in [0.2, 0.25) is 0 Å². The van der Waals surface area contributed by atoms with Gasteiger partial charge in [-0.15, -0.1) is 0 Å². The number of anilines is 2. The highest BCUT2D eigenvalue weighted by atomic mass is 32.2. The first-order valence-electron chi connectivity index (χ1n) is 10.3. The van der Waals surface area contributed by atoms with Crippen LogP contribution >= 0.6 is 0 Å². The summed E-state index contributed by atoms with van der Waals surface area (Å²) in [6, 6.07) is 14.2. The zero-order valence-electron chi connectivity index (χ0n) is 18.3. The molecule has 0 saturated heterocycles. The molecule has 1 N–H and O–H groups in total. The van der Waals surface area contributed by atoms with Gasteiger partial charge in [-0.2, -0.15) is 20.3 Å². The topological polar surface area (TPSA) is 156 Å². The van der Waals surface area contributed by atoms with Crippen molar-refractivity contribution in [3.05, 3.63) is 73.1 Å². The van der Waals surface area contributed by atoms with Crippen LogP contribution in [0, 0.1) is 0 Å². The highest BCUT2D eigenvalue weighted by molar-refractivity contribution is 7.92. The molecule has 0 unspecified atom stereocenters. The van der Waals surface area contributed by atoms with Gasteiger partial charge in [-0.25, -0.2) is 27.9 Å². The standard InChI is InChI=1S/C22H19N7O5S/c1-2-34-21(31)19-18(20(30)29(27-19)16-7-4-3-5-8-16)26-25-15-9-11-17(12-10-15)35(32,33)28-22-23-13-6-14-24-22/h3-14,18H,2H2,1H3,(H,23,24,28)/t18-/m1/s1. The number of benzene rings is 2. The normalized spacial score (nSPS) is 15.8. The van der Waals surface area contributed by atoms with E-state index in [1.54, 1.807) is 43.3 Å². The Morgan fingerprint density at radius 2 is 1.74 bits per heavy atom. The Bertz CT molecular complexity index is 1380. The highest BCUT2D eigenvalue weighted by Gasteiger charge is 2.41. The molecule has 0 fully saturated rings. The molecule has 3 aromatic rings. The first-order valence-corrected chi connectivity index (χ1v) is 11.8. The monoisotopic (exact) mass is 493 g/mol. The summed E-state index contributed by atoms with van der Waals surface area (Å²) >= 11 is 0. The van der Waals surface area contributed by atoms with Crippen molar-refractivity contribution in [2.45, 2.75) is 17.9 Å². The quantitative estimate of drug-likeness (QED) is 0.373. The van der Waals surface area contributed by atoms with Crippen LogP contribution in [0.1, 0.15) is 6.92 Å². The van der Waals surface area contributed by atoms with Crippen molar-refractivity contribution in [2.24, 2.45) is 15.3 Å². The Kier molecular flexibility index (Phi) is 6.87. The molecule has 12 nitrogen and oxygen atoms in total. The Hall–Kier alpha value is -4.52. The number of nitrogens with zero attached hydrogens (tertiary/aromatic N) is 6. The molecule has 1 aromatic heterocycles. The number of sulfonamides is 1. The SMILES string of the molecule is CCOC(=O)C1=NN(c2ccccc2)C(=O)[C@@H]1N=Nc1ccc(S(=O)(=O)Nc2ncccn2)cc1. The van der Waals surface area contributed by atoms with Gasteiger partial charge in [0.25, 0.3) is 15.9 Å². The van der Waals surface area contributed by atoms with Crippen LogP contribution in [0.5, 0.6) is 0 Å². The Balaban J connectivity index is 1.54. The highest BCUT2D eigenvalue weighted by Crippen LogP contribution is 2.24. The number of hydrogen-bond acceptors (Lipinski definition) is 10. The lowest BCUT2D eigenvalue weighted by Crippen LogP contribution is -2.33. The van der Waals surface area contributed by atoms with Crippen molar-refractivity contribution in [1.82, 2.24) is 9.97 Å². The van der Waals surface area contributed by atoms with Crippen LogP contribution in [0.15, 0.2) is 93.3 Å². The third kappa shape index (κ3) is 5.35. The van der Waals surface area contributed by atoms with Crippen LogP contribution < -0.4 is 9.73 Å². The number of nitrogens with one attached hydrogen (secondary N) is 1. The van der Waals surface area contributed by atoms with Crippen LogP contribution in [-0.2, 0) is 24.3 Å². The number of hydrazone groups is 1. The van der Waals surface area contributed by atoms with Crippen molar-refractivity contribution in [3.8, 4) is 0 Å². The molecule has 0 spiro atoms. The molecule has 13 heteroatoms. The summed E-state index contributed by atoms with van der Waals surface area (Å²) in [5, 5.41) is 13.2. The van der Waals surface area contributed by atoms with E-state index in [9.17, 15) is 18.0 Å². The summed E-state index contributed by atoms with van der Waals surface area (Å²) in [4.78, 5) is 32.9. The summed E-state index contributed by atoms with van der Waals surface area (Å²) < 4.78 is 32.3. The molecule has 1 aliphatic rings. The molecule has 2 heterocycles. The summed E-state index contributed by atoms with van der Waals surface area (Å²) in [6.45, 7) is 1.73. The zero-order valence-corrected chi connectivity index (χ0v) is 19.2. The van der Waals surface area contributed by atoms with E-state index >= 15 is 0 Å². The van der Waals surface area contributed by atoms with Crippen LogP contribution in [-0.4, -0.2) is 48.6 Å². The second kappa shape index (κ2) is 10.2. The fourth-order valence-corrected chi connectivity index (χ4v) is 3.97. The third-order valence-electron chi connectivity index (χ3n) is 4.62. The van der Waals surface area contributed by atoms with Gasteiger partial charge in [0.05, 0.1) is 22.9 Å². The third-order valence-corrected chi connectivity index (χ3v) is 5.97. The molecule has 35 heavy (non-hydrogen) atoms. The molecule has 1 atom stereocenters. The number of hydrogen-bond donors (Lipinski definition) is 1. The van der Waals surface area contributed by atoms with E-state index in [1.807, 2.05) is 0 Å². The number of azo groups is 1. The minimum absolute atomic E-state index is 0.0510. The number of carbonyl (C=O) groups excluding carboxylic acids is 2. The van der Waals surface area contributed by atoms with E-state index in [1.165, 1.54) is 36.7 Å². The van der Waals surface area contributed by atoms with Gasteiger partial charge in [-0.05, 0) is 49.4 Å². The van der Waals surface area contributed by atoms with Crippen molar-refractivity contribution in [1.29, 1.82) is 0 Å². The van der Waals surface area contributed by atoms with Gasteiger partial charge in [0.2, 0.25) is 12.0 Å². The molecule has 178 valence electrons. The maximum atomic E-state index is 13.0. The first kappa shape index (κ1) is 23.6. The van der Waals surface area contributed by atoms with E-state index in [0.717, 1.165) is 5.01 Å². The molecule has 0 bridgehead atoms. The number of amides is 1. The average molecular weight is 494 g/mol. The van der Waals surface area contributed by atoms with Gasteiger partial charge >= 0.3 is 5.97 Å². The Labute approximate surface area is 200 Å². The average Bonchev–Trinajstić information content (AvgIpc) is 3.20. The van der Waals surface area contributed by atoms with Gasteiger partial charge in [0.15, 0.2) is 5.71 Å². The van der Waals surface area contributed by atoms with E-state index in [-0.39, 0.29) is 28.8 Å². The van der Waals surface area contributed by atoms with Gasteiger partial charge in [-0.1, -0.05) is 18.2 Å². The number of esters is 1. The minimum Gasteiger partial charge on any atom is -0.461 e. The van der Waals surface area contributed by atoms with Gasteiger partial charge < -0.3 is 4.74 Å². The van der Waals surface area contributed by atoms with E-state index in [2.05, 4.69) is 30.0 Å². The lowest BCUT2D eigenvalue weighted by molar-refractivity contribution is -0.135. The number of carbonyl (C=O) groups is 2. The van der Waals surface area contributed by atoms with Gasteiger partial charge in [0, 0.05) is 12.4 Å². The molecule has 1 amide bonds. The van der Waals surface area contributed by atoms with Gasteiger partial charge in [-0.3, -0.25) is 4.79 Å². The van der Waals surface area contributed by atoms with Crippen molar-refractivity contribution < 1.29 is 22.7 Å². The zero-order chi connectivity index (χ0) is 24.8. The molecular formula is C22H19N7O5S. The fraction of sp³-hybridized carbons (Fsp3) is 0.136. The van der Waals surface area contributed by atoms with Crippen molar-refractivity contribution >= 4 is 44.9 Å². The Morgan fingerprint density at radius 3 is 2.40 bits per heavy atom. The lowest BCUT2D eigenvalue weighted by atomic mass is 10.2. The van der Waals surface area contributed by atoms with E-state index in [0.29, 0.717) is 5.69 Å². The summed E-state index contributed by atoms with van der Waals surface area (Å²) in [7, 11) is -3.92. The van der Waals surface area contributed by atoms with Gasteiger partial charge in [0.1, 0.15) is 0 Å². The predicted octanol–water partition coefficient (Wildman–Crippen LogP) is 2.70. The minimum atomic E-state index is -3.92. The molecule has 4 rings (SSSR count). The number of ether oxygens (including phenoxy) is 1. The molecule has 0 radical (unpaired) electrons. The predicted molar refractivity (Wildman–Crippen MR) is 126 cm³/mol. The van der Waals surface area contributed by atoms with Crippen LogP contribution in [0.25, 0.3) is 0 Å². The molecule has 2 aromatic carbocycles. The smallest absolute Gasteiger partial charge is 0.357 e. The summed E-state index contributed by atoms with van der Waals surface area (Å²) in [6.07, 6.45) is 2.82. The molecule has 0 saturated carbocycles. The number of para-hydroxylation sites is 1. The number of aromatic nitrogens is 2. The molecule has 1 aliphatic heterocycles. The fourth-order valence-electron chi connectivity index (χ4n) is 3.01. The largest absolute Gasteiger partial charge is 0.461 e. The van der Waals surface area contributed by atoms with Crippen LogP contribution in [0.3, 0.4) is 0 Å². The summed E-state index contributed by atoms with van der Waals surface area (Å²) in [5.41, 5.74) is 0.520. The van der Waals surface area contributed by atoms with Crippen molar-refractivity contribution in [3.63, 3.8) is 0 Å². The maximum absolute atomic E-state index is 13.0. The van der Waals surface area contributed by atoms with Crippen LogP contribution in [0.4, 0.5) is 17.3 Å². The van der Waals surface area contributed by atoms with Crippen molar-refractivity contribution in [2.75, 3.05) is 16.3 Å². The Morgan fingerprint density at radius 1 is 1.06 bits per heavy atom. The summed E-state index contributed by atoms with van der Waals surface area (Å²) in [5.74, 6) is -1.42. The van der Waals surface area contributed by atoms with E-state index < -0.39 is 27.9 Å². The number of rotatable bonds is 8. The second-order valence-corrected chi connectivity index (χ2v) is 8.66. The molecule has 0 aliphatic carbocycles. The maximum Gasteiger partial charge on any atom is 0.357 e. The first-order chi connectivity index (χ1) is 16.9. The second-order valence-electron chi connectivity index (χ2n) is 6.98. The van der Waals surface area contributed by atoms with E-state index in [4.69, 9.17) is 4.74 Å².